The molecule has 0 aliphatic carbocycles. The minimum atomic E-state index is -0.111. The molecule has 0 aliphatic rings. The molecule has 0 aromatic heterocycles. The Kier molecular flexibility index (Phi) is 7.76. The van der Waals surface area contributed by atoms with Crippen LogP contribution in [0, 0.1) is 0 Å². The summed E-state index contributed by atoms with van der Waals surface area (Å²) in [6.45, 7) is 1.35. The second-order valence-corrected chi connectivity index (χ2v) is 4.25. The van der Waals surface area contributed by atoms with Crippen molar-refractivity contribution >= 4 is 45.8 Å². The molecule has 1 rings (SSSR count). The minimum absolute atomic E-state index is 0. The van der Waals surface area contributed by atoms with E-state index in [-0.39, 0.29) is 18.3 Å². The van der Waals surface area contributed by atoms with E-state index < -0.39 is 0 Å². The van der Waals surface area contributed by atoms with E-state index in [9.17, 15) is 4.79 Å². The lowest BCUT2D eigenvalue weighted by molar-refractivity contribution is 0.0954. The molecule has 16 heavy (non-hydrogen) atoms. The highest BCUT2D eigenvalue weighted by Gasteiger charge is 2.06. The summed E-state index contributed by atoms with van der Waals surface area (Å²) in [4.78, 5) is 11.6. The Balaban J connectivity index is 0.00000225. The van der Waals surface area contributed by atoms with Gasteiger partial charge in [-0.15, -0.1) is 12.4 Å². The van der Waals surface area contributed by atoms with E-state index >= 15 is 0 Å². The molecule has 90 valence electrons. The van der Waals surface area contributed by atoms with Gasteiger partial charge in [-0.2, -0.15) is 0 Å². The molecule has 2 N–H and O–H groups in total. The number of carbonyl (C=O) groups excluding carboxylic acids is 1. The van der Waals surface area contributed by atoms with Crippen LogP contribution in [0.3, 0.4) is 0 Å². The number of nitrogens with one attached hydrogen (secondary N) is 2. The standard InChI is InChI=1S/C10H12BrClN2O.ClH/c1-13-4-5-14-10(15)7-2-3-8(11)9(12)6-7;/h2-3,6,13H,4-5H2,1H3,(H,14,15);1H. The molecule has 0 radical (unpaired) electrons. The molecule has 0 unspecified atom stereocenters. The molecule has 0 aliphatic heterocycles. The van der Waals surface area contributed by atoms with Gasteiger partial charge in [0.1, 0.15) is 0 Å². The fourth-order valence-corrected chi connectivity index (χ4v) is 1.47. The lowest BCUT2D eigenvalue weighted by Gasteiger charge is -2.05. The molecule has 0 bridgehead atoms. The second-order valence-electron chi connectivity index (χ2n) is 2.99. The van der Waals surface area contributed by atoms with Crippen LogP contribution in [-0.2, 0) is 0 Å². The molecule has 6 heteroatoms. The monoisotopic (exact) mass is 326 g/mol. The van der Waals surface area contributed by atoms with Crippen LogP contribution in [0.15, 0.2) is 22.7 Å². The van der Waals surface area contributed by atoms with Gasteiger partial charge in [-0.05, 0) is 41.2 Å². The average Bonchev–Trinajstić information content (AvgIpc) is 2.22. The Morgan fingerprint density at radius 2 is 2.12 bits per heavy atom. The molecular formula is C10H13BrCl2N2O. The summed E-state index contributed by atoms with van der Waals surface area (Å²) in [6, 6.07) is 5.13. The number of rotatable bonds is 4. The Bertz CT molecular complexity index is 361. The second kappa shape index (κ2) is 7.90. The normalized spacial score (nSPS) is 9.44. The highest BCUT2D eigenvalue weighted by atomic mass is 79.9. The van der Waals surface area contributed by atoms with Crippen molar-refractivity contribution in [3.05, 3.63) is 33.3 Å². The maximum Gasteiger partial charge on any atom is 0.251 e. The number of likely N-dealkylation sites (N-methyl/N-ethyl adjacent to an activating group) is 1. The van der Waals surface area contributed by atoms with E-state index in [2.05, 4.69) is 26.6 Å². The number of hydrogen-bond acceptors (Lipinski definition) is 2. The molecule has 0 atom stereocenters. The number of amides is 1. The number of hydrogen-bond donors (Lipinski definition) is 2. The summed E-state index contributed by atoms with van der Waals surface area (Å²) in [5, 5.41) is 6.26. The van der Waals surface area contributed by atoms with E-state index in [0.717, 1.165) is 11.0 Å². The van der Waals surface area contributed by atoms with Crippen LogP contribution in [0.2, 0.25) is 5.02 Å². The zero-order valence-electron chi connectivity index (χ0n) is 8.72. The molecule has 0 spiro atoms. The van der Waals surface area contributed by atoms with Gasteiger partial charge < -0.3 is 10.6 Å². The predicted molar refractivity (Wildman–Crippen MR) is 72.7 cm³/mol. The van der Waals surface area contributed by atoms with Gasteiger partial charge in [0, 0.05) is 23.1 Å². The number of benzene rings is 1. The Morgan fingerprint density at radius 3 is 2.69 bits per heavy atom. The van der Waals surface area contributed by atoms with Crippen LogP contribution in [0.5, 0.6) is 0 Å². The first kappa shape index (κ1) is 15.7. The van der Waals surface area contributed by atoms with Gasteiger partial charge >= 0.3 is 0 Å². The first-order valence-electron chi connectivity index (χ1n) is 4.53. The molecule has 1 aromatic rings. The summed E-state index contributed by atoms with van der Waals surface area (Å²) < 4.78 is 0.788. The summed E-state index contributed by atoms with van der Waals surface area (Å²) >= 11 is 9.15. The van der Waals surface area contributed by atoms with Crippen molar-refractivity contribution in [1.29, 1.82) is 0 Å². The number of carbonyl (C=O) groups is 1. The van der Waals surface area contributed by atoms with Gasteiger partial charge in [-0.3, -0.25) is 4.79 Å². The third-order valence-corrected chi connectivity index (χ3v) is 3.07. The van der Waals surface area contributed by atoms with Crippen LogP contribution in [0.1, 0.15) is 10.4 Å². The Labute approximate surface area is 114 Å². The van der Waals surface area contributed by atoms with Crippen molar-refractivity contribution in [3.63, 3.8) is 0 Å². The van der Waals surface area contributed by atoms with Gasteiger partial charge in [0.25, 0.3) is 5.91 Å². The first-order chi connectivity index (χ1) is 7.15. The summed E-state index contributed by atoms with van der Waals surface area (Å²) in [6.07, 6.45) is 0. The lowest BCUT2D eigenvalue weighted by atomic mass is 10.2. The maximum atomic E-state index is 11.6. The van der Waals surface area contributed by atoms with Gasteiger partial charge in [0.15, 0.2) is 0 Å². The third kappa shape index (κ3) is 4.70. The van der Waals surface area contributed by atoms with Gasteiger partial charge in [-0.25, -0.2) is 0 Å². The van der Waals surface area contributed by atoms with Crippen LogP contribution < -0.4 is 10.6 Å². The smallest absolute Gasteiger partial charge is 0.251 e. The fourth-order valence-electron chi connectivity index (χ4n) is 1.04. The highest BCUT2D eigenvalue weighted by Crippen LogP contribution is 2.22. The zero-order chi connectivity index (χ0) is 11.3. The Hall–Kier alpha value is -0.290. The van der Waals surface area contributed by atoms with E-state index in [0.29, 0.717) is 17.1 Å². The van der Waals surface area contributed by atoms with E-state index in [1.807, 2.05) is 7.05 Å². The summed E-state index contributed by atoms with van der Waals surface area (Å²) in [5.74, 6) is -0.111. The quantitative estimate of drug-likeness (QED) is 0.834. The molecule has 0 heterocycles. The molecular weight excluding hydrogens is 315 g/mol. The van der Waals surface area contributed by atoms with Crippen molar-refractivity contribution in [1.82, 2.24) is 10.6 Å². The van der Waals surface area contributed by atoms with Crippen molar-refractivity contribution in [3.8, 4) is 0 Å². The summed E-state index contributed by atoms with van der Waals surface area (Å²) in [7, 11) is 1.84. The minimum Gasteiger partial charge on any atom is -0.351 e. The lowest BCUT2D eigenvalue weighted by Crippen LogP contribution is -2.30. The molecule has 0 fully saturated rings. The first-order valence-corrected chi connectivity index (χ1v) is 5.70. The van der Waals surface area contributed by atoms with Crippen molar-refractivity contribution in [2.75, 3.05) is 20.1 Å². The van der Waals surface area contributed by atoms with Gasteiger partial charge in [0.2, 0.25) is 0 Å². The topological polar surface area (TPSA) is 41.1 Å². The van der Waals surface area contributed by atoms with Crippen LogP contribution in [-0.4, -0.2) is 26.0 Å². The van der Waals surface area contributed by atoms with Crippen LogP contribution >= 0.6 is 39.9 Å². The molecule has 1 amide bonds. The van der Waals surface area contributed by atoms with Crippen LogP contribution in [0.25, 0.3) is 0 Å². The molecule has 0 saturated heterocycles. The van der Waals surface area contributed by atoms with Crippen molar-refractivity contribution < 1.29 is 4.79 Å². The third-order valence-electron chi connectivity index (χ3n) is 1.84. The van der Waals surface area contributed by atoms with Crippen molar-refractivity contribution in [2.45, 2.75) is 0 Å². The largest absolute Gasteiger partial charge is 0.351 e. The summed E-state index contributed by atoms with van der Waals surface area (Å²) in [5.41, 5.74) is 0.569. The maximum absolute atomic E-state index is 11.6. The van der Waals surface area contributed by atoms with Gasteiger partial charge in [-0.1, -0.05) is 11.6 Å². The van der Waals surface area contributed by atoms with E-state index in [1.165, 1.54) is 0 Å². The van der Waals surface area contributed by atoms with E-state index in [4.69, 9.17) is 11.6 Å². The zero-order valence-corrected chi connectivity index (χ0v) is 11.9. The SMILES string of the molecule is CNCCNC(=O)c1ccc(Br)c(Cl)c1.Cl. The molecule has 1 aromatic carbocycles. The van der Waals surface area contributed by atoms with Gasteiger partial charge in [0.05, 0.1) is 5.02 Å². The number of halogens is 3. The predicted octanol–water partition coefficient (Wildman–Crippen LogP) is 2.47. The fraction of sp³-hybridized carbons (Fsp3) is 0.300. The Morgan fingerprint density at radius 1 is 1.44 bits per heavy atom. The van der Waals surface area contributed by atoms with Crippen LogP contribution in [0.4, 0.5) is 0 Å². The van der Waals surface area contributed by atoms with Crippen molar-refractivity contribution in [2.24, 2.45) is 0 Å². The highest BCUT2D eigenvalue weighted by molar-refractivity contribution is 9.10. The molecule has 3 nitrogen and oxygen atoms in total. The molecule has 0 saturated carbocycles. The van der Waals surface area contributed by atoms with E-state index in [1.54, 1.807) is 18.2 Å². The average molecular weight is 328 g/mol.